The van der Waals surface area contributed by atoms with Crippen molar-refractivity contribution >= 4 is 17.3 Å². The molecule has 1 fully saturated rings. The molecule has 3 unspecified atom stereocenters. The summed E-state index contributed by atoms with van der Waals surface area (Å²) in [6, 6.07) is 7.13. The van der Waals surface area contributed by atoms with Crippen LogP contribution in [0.25, 0.3) is 0 Å². The molecule has 1 aliphatic rings. The fourth-order valence-electron chi connectivity index (χ4n) is 3.15. The lowest BCUT2D eigenvalue weighted by molar-refractivity contribution is -0.132. The van der Waals surface area contributed by atoms with Crippen molar-refractivity contribution in [2.24, 2.45) is 11.8 Å². The van der Waals surface area contributed by atoms with E-state index in [1.54, 1.807) is 24.3 Å². The molecule has 21 heavy (non-hydrogen) atoms. The van der Waals surface area contributed by atoms with Crippen LogP contribution in [0.4, 0.5) is 11.4 Å². The summed E-state index contributed by atoms with van der Waals surface area (Å²) in [5.74, 6) is 1.24. The molecule has 0 bridgehead atoms. The Morgan fingerprint density at radius 3 is 2.33 bits per heavy atom. The second-order valence-electron chi connectivity index (χ2n) is 6.43. The van der Waals surface area contributed by atoms with Crippen LogP contribution in [-0.2, 0) is 9.53 Å². The number of anilines is 2. The molecule has 0 radical (unpaired) electrons. The van der Waals surface area contributed by atoms with Crippen molar-refractivity contribution in [3.8, 4) is 0 Å². The van der Waals surface area contributed by atoms with Crippen molar-refractivity contribution in [2.45, 2.75) is 52.2 Å². The Labute approximate surface area is 127 Å². The van der Waals surface area contributed by atoms with E-state index in [0.717, 1.165) is 18.5 Å². The molecule has 1 amide bonds. The number of hydrogen-bond donors (Lipinski definition) is 2. The molecule has 3 atom stereocenters. The Balaban J connectivity index is 1.86. The van der Waals surface area contributed by atoms with Crippen LogP contribution in [0.15, 0.2) is 24.3 Å². The number of nitrogens with one attached hydrogen (secondary N) is 1. The van der Waals surface area contributed by atoms with Crippen LogP contribution in [-0.4, -0.2) is 18.1 Å². The number of carbonyl (C=O) groups is 1. The third-order valence-electron chi connectivity index (χ3n) is 4.08. The van der Waals surface area contributed by atoms with E-state index < -0.39 is 6.10 Å². The third kappa shape index (κ3) is 4.74. The molecule has 0 saturated heterocycles. The summed E-state index contributed by atoms with van der Waals surface area (Å²) in [7, 11) is 0. The van der Waals surface area contributed by atoms with Gasteiger partial charge in [-0.25, -0.2) is 0 Å². The predicted octanol–water partition coefficient (Wildman–Crippen LogP) is 3.44. The first kappa shape index (κ1) is 15.8. The topological polar surface area (TPSA) is 64.3 Å². The molecule has 116 valence electrons. The molecular weight excluding hydrogens is 264 g/mol. The third-order valence-corrected chi connectivity index (χ3v) is 4.08. The first-order valence-electron chi connectivity index (χ1n) is 7.76. The largest absolute Gasteiger partial charge is 0.399 e. The van der Waals surface area contributed by atoms with E-state index >= 15 is 0 Å². The Hall–Kier alpha value is -1.55. The Bertz CT molecular complexity index is 462. The highest BCUT2D eigenvalue weighted by Crippen LogP contribution is 2.31. The van der Waals surface area contributed by atoms with E-state index in [9.17, 15) is 4.79 Å². The van der Waals surface area contributed by atoms with Crippen LogP contribution < -0.4 is 11.1 Å². The van der Waals surface area contributed by atoms with Gasteiger partial charge in [0.2, 0.25) is 0 Å². The van der Waals surface area contributed by atoms with Crippen LogP contribution in [0.5, 0.6) is 0 Å². The molecule has 1 aromatic carbocycles. The molecule has 0 aliphatic heterocycles. The average Bonchev–Trinajstić information content (AvgIpc) is 2.40. The van der Waals surface area contributed by atoms with Gasteiger partial charge in [-0.05, 0) is 62.3 Å². The summed E-state index contributed by atoms with van der Waals surface area (Å²) in [6.07, 6.45) is 3.10. The zero-order valence-electron chi connectivity index (χ0n) is 13.1. The van der Waals surface area contributed by atoms with Crippen molar-refractivity contribution in [3.63, 3.8) is 0 Å². The Kier molecular flexibility index (Phi) is 5.23. The molecule has 0 aromatic heterocycles. The highest BCUT2D eigenvalue weighted by Gasteiger charge is 2.27. The number of nitrogen functional groups attached to an aromatic ring is 1. The Morgan fingerprint density at radius 1 is 1.19 bits per heavy atom. The zero-order valence-corrected chi connectivity index (χ0v) is 13.1. The average molecular weight is 290 g/mol. The van der Waals surface area contributed by atoms with E-state index in [2.05, 4.69) is 19.2 Å². The summed E-state index contributed by atoms with van der Waals surface area (Å²) in [5.41, 5.74) is 7.06. The number of benzene rings is 1. The molecule has 2 rings (SSSR count). The maximum absolute atomic E-state index is 12.2. The van der Waals surface area contributed by atoms with Gasteiger partial charge in [-0.1, -0.05) is 13.8 Å². The highest BCUT2D eigenvalue weighted by atomic mass is 16.5. The lowest BCUT2D eigenvalue weighted by Crippen LogP contribution is -2.35. The van der Waals surface area contributed by atoms with Crippen LogP contribution in [0.2, 0.25) is 0 Å². The van der Waals surface area contributed by atoms with E-state index in [1.165, 1.54) is 6.42 Å². The SMILES string of the molecule is CC1CC(C)CC(OC(C)C(=O)Nc2ccc(N)cc2)C1. The maximum Gasteiger partial charge on any atom is 0.253 e. The summed E-state index contributed by atoms with van der Waals surface area (Å²) >= 11 is 0. The minimum absolute atomic E-state index is 0.106. The van der Waals surface area contributed by atoms with E-state index in [0.29, 0.717) is 17.5 Å². The van der Waals surface area contributed by atoms with Crippen LogP contribution in [0.1, 0.15) is 40.0 Å². The maximum atomic E-state index is 12.2. The van der Waals surface area contributed by atoms with Crippen LogP contribution in [0.3, 0.4) is 0 Å². The molecular formula is C17H26N2O2. The summed E-state index contributed by atoms with van der Waals surface area (Å²) in [6.45, 7) is 6.33. The molecule has 1 saturated carbocycles. The van der Waals surface area contributed by atoms with Crippen molar-refractivity contribution in [1.29, 1.82) is 0 Å². The van der Waals surface area contributed by atoms with E-state index in [-0.39, 0.29) is 12.0 Å². The van der Waals surface area contributed by atoms with Gasteiger partial charge < -0.3 is 15.8 Å². The highest BCUT2D eigenvalue weighted by molar-refractivity contribution is 5.94. The smallest absolute Gasteiger partial charge is 0.253 e. The molecule has 0 heterocycles. The van der Waals surface area contributed by atoms with Crippen molar-refractivity contribution in [3.05, 3.63) is 24.3 Å². The molecule has 3 N–H and O–H groups in total. The second-order valence-corrected chi connectivity index (χ2v) is 6.43. The van der Waals surface area contributed by atoms with Crippen molar-refractivity contribution in [1.82, 2.24) is 0 Å². The standard InChI is InChI=1S/C17H26N2O2/c1-11-8-12(2)10-16(9-11)21-13(3)17(20)19-15-6-4-14(18)5-7-15/h4-7,11-13,16H,8-10,18H2,1-3H3,(H,19,20). The van der Waals surface area contributed by atoms with Gasteiger partial charge in [0.05, 0.1) is 6.10 Å². The first-order chi connectivity index (χ1) is 9.94. The summed E-state index contributed by atoms with van der Waals surface area (Å²) < 4.78 is 5.95. The van der Waals surface area contributed by atoms with Crippen molar-refractivity contribution < 1.29 is 9.53 Å². The summed E-state index contributed by atoms with van der Waals surface area (Å²) in [5, 5.41) is 2.86. The lowest BCUT2D eigenvalue weighted by Gasteiger charge is -2.32. The second kappa shape index (κ2) is 6.94. The van der Waals surface area contributed by atoms with E-state index in [4.69, 9.17) is 10.5 Å². The molecule has 1 aromatic rings. The van der Waals surface area contributed by atoms with Gasteiger partial charge in [-0.15, -0.1) is 0 Å². The van der Waals surface area contributed by atoms with Gasteiger partial charge in [-0.3, -0.25) is 4.79 Å². The lowest BCUT2D eigenvalue weighted by atomic mass is 9.82. The number of amides is 1. The normalized spacial score (nSPS) is 27.1. The van der Waals surface area contributed by atoms with Gasteiger partial charge in [0.15, 0.2) is 0 Å². The molecule has 0 spiro atoms. The summed E-state index contributed by atoms with van der Waals surface area (Å²) in [4.78, 5) is 12.2. The number of nitrogens with two attached hydrogens (primary N) is 1. The zero-order chi connectivity index (χ0) is 15.4. The molecule has 1 aliphatic carbocycles. The quantitative estimate of drug-likeness (QED) is 0.835. The van der Waals surface area contributed by atoms with Gasteiger partial charge >= 0.3 is 0 Å². The minimum Gasteiger partial charge on any atom is -0.399 e. The number of carbonyl (C=O) groups excluding carboxylic acids is 1. The Morgan fingerprint density at radius 2 is 1.76 bits per heavy atom. The van der Waals surface area contributed by atoms with Crippen molar-refractivity contribution in [2.75, 3.05) is 11.1 Å². The van der Waals surface area contributed by atoms with Gasteiger partial charge in [0, 0.05) is 11.4 Å². The van der Waals surface area contributed by atoms with Gasteiger partial charge in [0.1, 0.15) is 6.10 Å². The van der Waals surface area contributed by atoms with E-state index in [1.807, 2.05) is 6.92 Å². The van der Waals surface area contributed by atoms with Gasteiger partial charge in [0.25, 0.3) is 5.91 Å². The molecule has 4 nitrogen and oxygen atoms in total. The van der Waals surface area contributed by atoms with Crippen LogP contribution >= 0.6 is 0 Å². The number of hydrogen-bond acceptors (Lipinski definition) is 3. The van der Waals surface area contributed by atoms with Gasteiger partial charge in [-0.2, -0.15) is 0 Å². The molecule has 4 heteroatoms. The minimum atomic E-state index is -0.440. The first-order valence-corrected chi connectivity index (χ1v) is 7.76. The van der Waals surface area contributed by atoms with Crippen LogP contribution in [0, 0.1) is 11.8 Å². The monoisotopic (exact) mass is 290 g/mol. The number of rotatable bonds is 4. The fraction of sp³-hybridized carbons (Fsp3) is 0.588. The fourth-order valence-corrected chi connectivity index (χ4v) is 3.15. The predicted molar refractivity (Wildman–Crippen MR) is 86.0 cm³/mol. The number of ether oxygens (including phenoxy) is 1.